The van der Waals surface area contributed by atoms with Crippen LogP contribution in [0, 0.1) is 19.8 Å². The number of hydrogen-bond donors (Lipinski definition) is 2. The van der Waals surface area contributed by atoms with Gasteiger partial charge in [-0.15, -0.1) is 11.3 Å². The first kappa shape index (κ1) is 13.0. The molecule has 1 fully saturated rings. The van der Waals surface area contributed by atoms with Crippen LogP contribution in [0.2, 0.25) is 0 Å². The van der Waals surface area contributed by atoms with Crippen molar-refractivity contribution in [3.8, 4) is 0 Å². The zero-order valence-electron chi connectivity index (χ0n) is 10.1. The first-order valence-corrected chi connectivity index (χ1v) is 8.06. The third-order valence-electron chi connectivity index (χ3n) is 3.01. The van der Waals surface area contributed by atoms with Crippen molar-refractivity contribution in [1.29, 1.82) is 0 Å². The van der Waals surface area contributed by atoms with E-state index in [1.165, 1.54) is 11.3 Å². The van der Waals surface area contributed by atoms with E-state index in [-0.39, 0.29) is 0 Å². The highest BCUT2D eigenvalue weighted by Gasteiger charge is 2.21. The van der Waals surface area contributed by atoms with Gasteiger partial charge < -0.3 is 5.32 Å². The molecule has 96 valence electrons. The Morgan fingerprint density at radius 1 is 1.53 bits per heavy atom. The van der Waals surface area contributed by atoms with E-state index >= 15 is 0 Å². The molecule has 2 rings (SSSR count). The van der Waals surface area contributed by atoms with Gasteiger partial charge in [0.25, 0.3) is 0 Å². The van der Waals surface area contributed by atoms with E-state index in [0.717, 1.165) is 29.3 Å². The molecule has 4 nitrogen and oxygen atoms in total. The van der Waals surface area contributed by atoms with Gasteiger partial charge in [-0.1, -0.05) is 0 Å². The molecule has 1 saturated heterocycles. The molecule has 2 heterocycles. The Morgan fingerprint density at radius 2 is 2.29 bits per heavy atom. The van der Waals surface area contributed by atoms with Gasteiger partial charge in [0.2, 0.25) is 10.0 Å². The van der Waals surface area contributed by atoms with Gasteiger partial charge in [0.15, 0.2) is 0 Å². The second-order valence-electron chi connectivity index (χ2n) is 4.49. The molecule has 1 aliphatic heterocycles. The summed E-state index contributed by atoms with van der Waals surface area (Å²) < 4.78 is 26.9. The number of aryl methyl sites for hydroxylation is 2. The standard InChI is InChI=1S/C11H18N2O2S2/c1-8-5-11(9(2)16-8)17(14,15)13-7-10-3-4-12-6-10/h5,10,12-13H,3-4,6-7H2,1-2H3. The van der Waals surface area contributed by atoms with Crippen LogP contribution >= 0.6 is 11.3 Å². The normalized spacial score (nSPS) is 20.9. The quantitative estimate of drug-likeness (QED) is 0.869. The molecule has 1 aromatic rings. The number of nitrogens with one attached hydrogen (secondary N) is 2. The third-order valence-corrected chi connectivity index (χ3v) is 5.65. The van der Waals surface area contributed by atoms with Gasteiger partial charge in [0.05, 0.1) is 4.90 Å². The Kier molecular flexibility index (Phi) is 3.87. The lowest BCUT2D eigenvalue weighted by Gasteiger charge is -2.10. The van der Waals surface area contributed by atoms with E-state index < -0.39 is 10.0 Å². The van der Waals surface area contributed by atoms with Crippen LogP contribution in [-0.2, 0) is 10.0 Å². The van der Waals surface area contributed by atoms with Crippen molar-refractivity contribution in [3.63, 3.8) is 0 Å². The van der Waals surface area contributed by atoms with Crippen LogP contribution in [0.5, 0.6) is 0 Å². The Morgan fingerprint density at radius 3 is 2.82 bits per heavy atom. The van der Waals surface area contributed by atoms with Crippen LogP contribution < -0.4 is 10.0 Å². The molecule has 1 aromatic heterocycles. The lowest BCUT2D eigenvalue weighted by molar-refractivity contribution is 0.538. The molecule has 0 spiro atoms. The molecule has 0 amide bonds. The Balaban J connectivity index is 2.05. The maximum atomic E-state index is 12.1. The van der Waals surface area contributed by atoms with Crippen LogP contribution in [0.25, 0.3) is 0 Å². The van der Waals surface area contributed by atoms with Crippen LogP contribution in [0.1, 0.15) is 16.2 Å². The van der Waals surface area contributed by atoms with Gasteiger partial charge in [-0.3, -0.25) is 0 Å². The van der Waals surface area contributed by atoms with Crippen molar-refractivity contribution in [3.05, 3.63) is 15.8 Å². The molecule has 1 unspecified atom stereocenters. The lowest BCUT2D eigenvalue weighted by Crippen LogP contribution is -2.30. The van der Waals surface area contributed by atoms with Crippen molar-refractivity contribution in [2.45, 2.75) is 25.2 Å². The van der Waals surface area contributed by atoms with Crippen molar-refractivity contribution in [2.24, 2.45) is 5.92 Å². The summed E-state index contributed by atoms with van der Waals surface area (Å²) in [5, 5.41) is 3.23. The lowest BCUT2D eigenvalue weighted by atomic mass is 10.1. The predicted octanol–water partition coefficient (Wildman–Crippen LogP) is 1.25. The summed E-state index contributed by atoms with van der Waals surface area (Å²) in [4.78, 5) is 2.33. The summed E-state index contributed by atoms with van der Waals surface area (Å²) >= 11 is 1.52. The average Bonchev–Trinajstić information content (AvgIpc) is 2.85. The number of rotatable bonds is 4. The minimum absolute atomic E-state index is 0.421. The maximum Gasteiger partial charge on any atom is 0.241 e. The Labute approximate surface area is 106 Å². The van der Waals surface area contributed by atoms with Crippen LogP contribution in [0.3, 0.4) is 0 Å². The minimum atomic E-state index is -3.32. The molecule has 0 aliphatic carbocycles. The smallest absolute Gasteiger partial charge is 0.241 e. The minimum Gasteiger partial charge on any atom is -0.316 e. The second kappa shape index (κ2) is 5.06. The van der Waals surface area contributed by atoms with Crippen LogP contribution in [0.4, 0.5) is 0 Å². The zero-order chi connectivity index (χ0) is 12.5. The summed E-state index contributed by atoms with van der Waals surface area (Å²) in [7, 11) is -3.32. The van der Waals surface area contributed by atoms with E-state index in [1.807, 2.05) is 13.8 Å². The summed E-state index contributed by atoms with van der Waals surface area (Å²) in [6, 6.07) is 1.75. The van der Waals surface area contributed by atoms with Crippen molar-refractivity contribution in [2.75, 3.05) is 19.6 Å². The van der Waals surface area contributed by atoms with Gasteiger partial charge in [0, 0.05) is 16.3 Å². The molecule has 1 aliphatic rings. The van der Waals surface area contributed by atoms with Crippen LogP contribution in [0.15, 0.2) is 11.0 Å². The number of sulfonamides is 1. The molecule has 17 heavy (non-hydrogen) atoms. The number of thiophene rings is 1. The maximum absolute atomic E-state index is 12.1. The first-order chi connectivity index (χ1) is 7.99. The molecule has 0 bridgehead atoms. The fourth-order valence-electron chi connectivity index (χ4n) is 2.07. The Hall–Kier alpha value is -0.430. The van der Waals surface area contributed by atoms with Crippen molar-refractivity contribution < 1.29 is 8.42 Å². The summed E-state index contributed by atoms with van der Waals surface area (Å²) in [6.07, 6.45) is 1.05. The first-order valence-electron chi connectivity index (χ1n) is 5.76. The molecule has 0 aromatic carbocycles. The van der Waals surface area contributed by atoms with E-state index in [9.17, 15) is 8.42 Å². The second-order valence-corrected chi connectivity index (χ2v) is 7.68. The summed E-state index contributed by atoms with van der Waals surface area (Å²) in [5.41, 5.74) is 0. The monoisotopic (exact) mass is 274 g/mol. The van der Waals surface area contributed by atoms with E-state index in [1.54, 1.807) is 6.07 Å². The highest BCUT2D eigenvalue weighted by Crippen LogP contribution is 2.24. The fraction of sp³-hybridized carbons (Fsp3) is 0.636. The van der Waals surface area contributed by atoms with Gasteiger partial charge in [-0.05, 0) is 45.3 Å². The predicted molar refractivity (Wildman–Crippen MR) is 70.0 cm³/mol. The van der Waals surface area contributed by atoms with E-state index in [4.69, 9.17) is 0 Å². The van der Waals surface area contributed by atoms with Gasteiger partial charge >= 0.3 is 0 Å². The van der Waals surface area contributed by atoms with Gasteiger partial charge in [0.1, 0.15) is 0 Å². The fourth-order valence-corrected chi connectivity index (χ4v) is 4.74. The molecule has 1 atom stereocenters. The summed E-state index contributed by atoms with van der Waals surface area (Å²) in [6.45, 7) is 6.21. The molecule has 2 N–H and O–H groups in total. The van der Waals surface area contributed by atoms with Crippen LogP contribution in [-0.4, -0.2) is 28.1 Å². The van der Waals surface area contributed by atoms with E-state index in [2.05, 4.69) is 10.0 Å². The average molecular weight is 274 g/mol. The Bertz CT molecular complexity index is 488. The molecule has 0 saturated carbocycles. The van der Waals surface area contributed by atoms with E-state index in [0.29, 0.717) is 17.4 Å². The largest absolute Gasteiger partial charge is 0.316 e. The molecule has 6 heteroatoms. The molecular formula is C11H18N2O2S2. The highest BCUT2D eigenvalue weighted by atomic mass is 32.2. The topological polar surface area (TPSA) is 58.2 Å². The summed E-state index contributed by atoms with van der Waals surface area (Å²) in [5.74, 6) is 0.421. The SMILES string of the molecule is Cc1cc(S(=O)(=O)NCC2CCNC2)c(C)s1. The third kappa shape index (κ3) is 3.07. The molecular weight excluding hydrogens is 256 g/mol. The van der Waals surface area contributed by atoms with Gasteiger partial charge in [-0.2, -0.15) is 0 Å². The zero-order valence-corrected chi connectivity index (χ0v) is 11.7. The number of hydrogen-bond acceptors (Lipinski definition) is 4. The highest BCUT2D eigenvalue weighted by molar-refractivity contribution is 7.89. The van der Waals surface area contributed by atoms with Crippen molar-refractivity contribution >= 4 is 21.4 Å². The molecule has 0 radical (unpaired) electrons. The van der Waals surface area contributed by atoms with Gasteiger partial charge in [-0.25, -0.2) is 13.1 Å². The van der Waals surface area contributed by atoms with Crippen molar-refractivity contribution in [1.82, 2.24) is 10.0 Å².